The third-order valence-corrected chi connectivity index (χ3v) is 7.96. The second-order valence-electron chi connectivity index (χ2n) is 8.50. The van der Waals surface area contributed by atoms with E-state index in [1.54, 1.807) is 0 Å². The first kappa shape index (κ1) is 15.7. The zero-order valence-corrected chi connectivity index (χ0v) is 12.5. The average Bonchev–Trinajstić information content (AvgIpc) is 3.21. The zero-order chi connectivity index (χ0) is 17.4. The highest BCUT2D eigenvalue weighted by atomic mass is 19.4. The summed E-state index contributed by atoms with van der Waals surface area (Å²) < 4.78 is 113. The molecule has 0 saturated heterocycles. The van der Waals surface area contributed by atoms with Crippen molar-refractivity contribution in [2.24, 2.45) is 47.3 Å². The highest BCUT2D eigenvalue weighted by Crippen LogP contribution is 2.78. The summed E-state index contributed by atoms with van der Waals surface area (Å²) in [5.41, 5.74) is 0. The Morgan fingerprint density at radius 2 is 0.917 bits per heavy atom. The van der Waals surface area contributed by atoms with Gasteiger partial charge in [-0.05, 0) is 61.2 Å². The number of hydrogen-bond donors (Lipinski definition) is 0. The first-order valence-electron chi connectivity index (χ1n) is 8.46. The maximum absolute atomic E-state index is 14.4. The molecule has 8 atom stereocenters. The van der Waals surface area contributed by atoms with Crippen molar-refractivity contribution in [2.75, 3.05) is 0 Å². The van der Waals surface area contributed by atoms with Gasteiger partial charge in [0.25, 0.3) is 0 Å². The molecule has 8 heteroatoms. The van der Waals surface area contributed by atoms with Crippen LogP contribution in [0.15, 0.2) is 0 Å². The van der Waals surface area contributed by atoms with E-state index in [9.17, 15) is 35.1 Å². The Morgan fingerprint density at radius 3 is 1.29 bits per heavy atom. The molecule has 0 spiro atoms. The standard InChI is InChI=1S/C16H16F8/c17-13(18)11-7-4-8(10-6-2-1-5(3-6)9(7)10)12(11)14(19,20)16(23,24)15(13,21)22/h5-12H,1-4H2. The second kappa shape index (κ2) is 3.90. The van der Waals surface area contributed by atoms with Crippen molar-refractivity contribution >= 4 is 0 Å². The number of fused-ring (bicyclic) bond motifs is 12. The number of halogens is 8. The maximum atomic E-state index is 14.4. The fraction of sp³-hybridized carbons (Fsp3) is 1.00. The minimum Gasteiger partial charge on any atom is -0.199 e. The lowest BCUT2D eigenvalue weighted by atomic mass is 9.56. The monoisotopic (exact) mass is 360 g/mol. The molecule has 0 aromatic heterocycles. The lowest BCUT2D eigenvalue weighted by Crippen LogP contribution is -2.74. The van der Waals surface area contributed by atoms with Crippen molar-refractivity contribution in [2.45, 2.75) is 49.4 Å². The van der Waals surface area contributed by atoms with E-state index >= 15 is 0 Å². The minimum absolute atomic E-state index is 0.0327. The highest BCUT2D eigenvalue weighted by molar-refractivity contribution is 5.25. The molecule has 0 aromatic carbocycles. The van der Waals surface area contributed by atoms with Gasteiger partial charge in [0, 0.05) is 11.8 Å². The molecule has 24 heavy (non-hydrogen) atoms. The Bertz CT molecular complexity index is 549. The molecule has 4 bridgehead atoms. The average molecular weight is 360 g/mol. The Kier molecular flexibility index (Phi) is 2.55. The third kappa shape index (κ3) is 1.29. The van der Waals surface area contributed by atoms with Gasteiger partial charge >= 0.3 is 23.7 Å². The fourth-order valence-electron chi connectivity index (χ4n) is 7.41. The SMILES string of the molecule is FC1(F)C2C3CC(C4C5CCC(C5)C34)C2C(F)(F)C(F)(F)C1(F)F. The van der Waals surface area contributed by atoms with E-state index in [1.807, 2.05) is 0 Å². The van der Waals surface area contributed by atoms with Crippen molar-refractivity contribution in [1.82, 2.24) is 0 Å². The van der Waals surface area contributed by atoms with E-state index in [1.165, 1.54) is 0 Å². The molecule has 0 heterocycles. The molecule has 0 N–H and O–H groups in total. The van der Waals surface area contributed by atoms with E-state index in [0.717, 1.165) is 19.3 Å². The summed E-state index contributed by atoms with van der Waals surface area (Å²) in [4.78, 5) is 0. The van der Waals surface area contributed by atoms with Gasteiger partial charge in [0.1, 0.15) is 0 Å². The molecule has 5 fully saturated rings. The van der Waals surface area contributed by atoms with Crippen LogP contribution in [0.2, 0.25) is 0 Å². The van der Waals surface area contributed by atoms with E-state index in [0.29, 0.717) is 0 Å². The molecule has 0 nitrogen and oxygen atoms in total. The van der Waals surface area contributed by atoms with Crippen LogP contribution in [-0.4, -0.2) is 23.7 Å². The fourth-order valence-corrected chi connectivity index (χ4v) is 7.41. The number of hydrogen-bond acceptors (Lipinski definition) is 0. The first-order valence-corrected chi connectivity index (χ1v) is 8.46. The van der Waals surface area contributed by atoms with E-state index in [4.69, 9.17) is 0 Å². The molecule has 0 aromatic rings. The van der Waals surface area contributed by atoms with E-state index in [2.05, 4.69) is 0 Å². The van der Waals surface area contributed by atoms with Crippen LogP contribution in [0.25, 0.3) is 0 Å². The van der Waals surface area contributed by atoms with Crippen LogP contribution < -0.4 is 0 Å². The summed E-state index contributed by atoms with van der Waals surface area (Å²) in [6.45, 7) is 0. The summed E-state index contributed by atoms with van der Waals surface area (Å²) in [6.07, 6.45) is 2.32. The van der Waals surface area contributed by atoms with Crippen molar-refractivity contribution in [3.05, 3.63) is 0 Å². The van der Waals surface area contributed by atoms with Crippen LogP contribution in [0.5, 0.6) is 0 Å². The molecule has 136 valence electrons. The lowest BCUT2D eigenvalue weighted by Gasteiger charge is -2.55. The summed E-state index contributed by atoms with van der Waals surface area (Å²) in [5.74, 6) is -29.2. The van der Waals surface area contributed by atoms with Gasteiger partial charge in [0.15, 0.2) is 0 Å². The molecule has 0 aliphatic heterocycles. The highest BCUT2D eigenvalue weighted by Gasteiger charge is 2.92. The largest absolute Gasteiger partial charge is 0.378 e. The molecule has 5 aliphatic rings. The van der Waals surface area contributed by atoms with Crippen LogP contribution in [0.3, 0.4) is 0 Å². The summed E-state index contributed by atoms with van der Waals surface area (Å²) in [6, 6.07) is 0. The summed E-state index contributed by atoms with van der Waals surface area (Å²) in [7, 11) is 0. The normalized spacial score (nSPS) is 57.0. The first-order chi connectivity index (χ1) is 10.9. The van der Waals surface area contributed by atoms with Crippen molar-refractivity contribution in [3.8, 4) is 0 Å². The molecule has 0 radical (unpaired) electrons. The van der Waals surface area contributed by atoms with Gasteiger partial charge in [0.05, 0.1) is 0 Å². The minimum atomic E-state index is -6.03. The Balaban J connectivity index is 1.66. The topological polar surface area (TPSA) is 0 Å². The molecule has 8 unspecified atom stereocenters. The predicted molar refractivity (Wildman–Crippen MR) is 66.2 cm³/mol. The van der Waals surface area contributed by atoms with Crippen molar-refractivity contribution in [3.63, 3.8) is 0 Å². The Morgan fingerprint density at radius 1 is 0.542 bits per heavy atom. The smallest absolute Gasteiger partial charge is 0.199 e. The predicted octanol–water partition coefficient (Wildman–Crippen LogP) is 5.09. The Hall–Kier alpha value is -0.560. The third-order valence-electron chi connectivity index (χ3n) is 7.96. The van der Waals surface area contributed by atoms with Crippen molar-refractivity contribution in [1.29, 1.82) is 0 Å². The van der Waals surface area contributed by atoms with Crippen LogP contribution in [-0.2, 0) is 0 Å². The maximum Gasteiger partial charge on any atom is 0.378 e. The van der Waals surface area contributed by atoms with Gasteiger partial charge in [-0.1, -0.05) is 0 Å². The van der Waals surface area contributed by atoms with Gasteiger partial charge in [0.2, 0.25) is 0 Å². The number of alkyl halides is 8. The van der Waals surface area contributed by atoms with Gasteiger partial charge in [-0.15, -0.1) is 0 Å². The van der Waals surface area contributed by atoms with Gasteiger partial charge in [-0.25, -0.2) is 0 Å². The van der Waals surface area contributed by atoms with Gasteiger partial charge < -0.3 is 0 Å². The van der Waals surface area contributed by atoms with E-state index in [-0.39, 0.29) is 30.1 Å². The number of rotatable bonds is 0. The van der Waals surface area contributed by atoms with Gasteiger partial charge in [-0.3, -0.25) is 0 Å². The van der Waals surface area contributed by atoms with Crippen LogP contribution in [0.4, 0.5) is 35.1 Å². The lowest BCUT2D eigenvalue weighted by molar-refractivity contribution is -0.431. The van der Waals surface area contributed by atoms with Crippen LogP contribution in [0, 0.1) is 47.3 Å². The van der Waals surface area contributed by atoms with Crippen LogP contribution >= 0.6 is 0 Å². The molecular formula is C16H16F8. The summed E-state index contributed by atoms with van der Waals surface area (Å²) >= 11 is 0. The molecule has 5 saturated carbocycles. The van der Waals surface area contributed by atoms with Crippen molar-refractivity contribution < 1.29 is 35.1 Å². The summed E-state index contributed by atoms with van der Waals surface area (Å²) in [5, 5.41) is 0. The molecule has 5 aliphatic carbocycles. The van der Waals surface area contributed by atoms with Gasteiger partial charge in [-0.2, -0.15) is 35.1 Å². The zero-order valence-electron chi connectivity index (χ0n) is 12.5. The van der Waals surface area contributed by atoms with Crippen LogP contribution in [0.1, 0.15) is 25.7 Å². The second-order valence-corrected chi connectivity index (χ2v) is 8.50. The molecule has 5 rings (SSSR count). The Labute approximate surface area is 133 Å². The van der Waals surface area contributed by atoms with E-state index < -0.39 is 47.4 Å². The molecule has 0 amide bonds. The quantitative estimate of drug-likeness (QED) is 0.417. The molecular weight excluding hydrogens is 344 g/mol.